The van der Waals surface area contributed by atoms with Crippen molar-refractivity contribution < 1.29 is 0 Å². The zero-order valence-corrected chi connectivity index (χ0v) is 27.7. The van der Waals surface area contributed by atoms with Gasteiger partial charge >= 0.3 is 0 Å². The number of nitrogens with zero attached hydrogens (tertiary/aromatic N) is 3. The number of hydrogen-bond acceptors (Lipinski definition) is 2. The predicted octanol–water partition coefficient (Wildman–Crippen LogP) is 12.5. The van der Waals surface area contributed by atoms with E-state index < -0.39 is 0 Å². The lowest BCUT2D eigenvalue weighted by molar-refractivity contribution is 1.17. The smallest absolute Gasteiger partial charge is 0.160 e. The number of aromatic nitrogens is 3. The third-order valence-electron chi connectivity index (χ3n) is 10.0. The Hall–Kier alpha value is -6.84. The molecule has 238 valence electrons. The van der Waals surface area contributed by atoms with Crippen LogP contribution in [0.2, 0.25) is 0 Å². The van der Waals surface area contributed by atoms with E-state index in [0.29, 0.717) is 5.82 Å². The van der Waals surface area contributed by atoms with Crippen LogP contribution < -0.4 is 0 Å². The van der Waals surface area contributed by atoms with Crippen molar-refractivity contribution in [1.29, 1.82) is 0 Å². The maximum atomic E-state index is 5.14. The molecular weight excluding hydrogens is 619 g/mol. The van der Waals surface area contributed by atoms with Gasteiger partial charge in [-0.25, -0.2) is 9.97 Å². The normalized spacial score (nSPS) is 11.5. The van der Waals surface area contributed by atoms with Crippen molar-refractivity contribution >= 4 is 43.4 Å². The zero-order chi connectivity index (χ0) is 33.7. The fraction of sp³-hybridized carbons (Fsp3) is 0. The summed E-state index contributed by atoms with van der Waals surface area (Å²) in [4.78, 5) is 10.2. The van der Waals surface area contributed by atoms with Crippen LogP contribution in [0.1, 0.15) is 0 Å². The molecule has 10 rings (SSSR count). The lowest BCUT2D eigenvalue weighted by Crippen LogP contribution is -1.97. The summed E-state index contributed by atoms with van der Waals surface area (Å²) in [7, 11) is 0. The van der Waals surface area contributed by atoms with Crippen LogP contribution in [0, 0.1) is 0 Å². The highest BCUT2D eigenvalue weighted by molar-refractivity contribution is 6.28. The Bertz CT molecular complexity index is 2780. The Kier molecular flexibility index (Phi) is 6.81. The molecular formula is C48H31N3. The molecule has 0 radical (unpaired) electrons. The Balaban J connectivity index is 1.12. The SMILES string of the molecule is c1ccc(-c2ccc(-c3nc(-c4ccccc4)cc(-c4ccc(-n5c6ccc7ccccc7c6c6c7ccccc7ccc65)cc4)n3)cc2)cc1. The molecule has 0 spiro atoms. The average molecular weight is 650 g/mol. The van der Waals surface area contributed by atoms with E-state index >= 15 is 0 Å². The van der Waals surface area contributed by atoms with Gasteiger partial charge in [0.2, 0.25) is 0 Å². The Morgan fingerprint density at radius 3 is 1.33 bits per heavy atom. The maximum absolute atomic E-state index is 5.14. The Labute approximate surface area is 295 Å². The summed E-state index contributed by atoms with van der Waals surface area (Å²) < 4.78 is 2.41. The molecule has 0 aliphatic rings. The van der Waals surface area contributed by atoms with Crippen LogP contribution >= 0.6 is 0 Å². The minimum atomic E-state index is 0.705. The molecule has 10 aromatic rings. The molecule has 0 fully saturated rings. The first-order chi connectivity index (χ1) is 25.3. The van der Waals surface area contributed by atoms with Crippen molar-refractivity contribution in [2.75, 3.05) is 0 Å². The van der Waals surface area contributed by atoms with Crippen LogP contribution in [0.25, 0.3) is 94.1 Å². The van der Waals surface area contributed by atoms with Crippen molar-refractivity contribution in [1.82, 2.24) is 14.5 Å². The highest BCUT2D eigenvalue weighted by atomic mass is 15.0. The first-order valence-electron chi connectivity index (χ1n) is 17.3. The summed E-state index contributed by atoms with van der Waals surface area (Å²) in [6.45, 7) is 0. The van der Waals surface area contributed by atoms with E-state index in [1.54, 1.807) is 0 Å². The summed E-state index contributed by atoms with van der Waals surface area (Å²) >= 11 is 0. The molecule has 0 amide bonds. The summed E-state index contributed by atoms with van der Waals surface area (Å²) in [5.74, 6) is 0.705. The van der Waals surface area contributed by atoms with E-state index in [0.717, 1.165) is 33.8 Å². The van der Waals surface area contributed by atoms with E-state index in [2.05, 4.69) is 180 Å². The second-order valence-corrected chi connectivity index (χ2v) is 13.0. The van der Waals surface area contributed by atoms with Gasteiger partial charge in [0.05, 0.1) is 22.4 Å². The number of benzene rings is 8. The van der Waals surface area contributed by atoms with Gasteiger partial charge in [-0.15, -0.1) is 0 Å². The molecule has 2 heterocycles. The third kappa shape index (κ3) is 4.98. The lowest BCUT2D eigenvalue weighted by Gasteiger charge is -2.12. The Morgan fingerprint density at radius 2 is 0.765 bits per heavy atom. The Morgan fingerprint density at radius 1 is 0.333 bits per heavy atom. The van der Waals surface area contributed by atoms with Crippen molar-refractivity contribution in [2.24, 2.45) is 0 Å². The van der Waals surface area contributed by atoms with Crippen molar-refractivity contribution in [3.8, 4) is 50.7 Å². The van der Waals surface area contributed by atoms with Gasteiger partial charge < -0.3 is 4.57 Å². The first-order valence-corrected chi connectivity index (χ1v) is 17.3. The molecule has 0 N–H and O–H groups in total. The van der Waals surface area contributed by atoms with E-state index in [-0.39, 0.29) is 0 Å². The first kappa shape index (κ1) is 29.1. The highest BCUT2D eigenvalue weighted by Crippen LogP contribution is 2.41. The lowest BCUT2D eigenvalue weighted by atomic mass is 10.00. The second kappa shape index (κ2) is 11.9. The monoisotopic (exact) mass is 649 g/mol. The zero-order valence-electron chi connectivity index (χ0n) is 27.7. The van der Waals surface area contributed by atoms with Crippen LogP contribution in [-0.2, 0) is 0 Å². The summed E-state index contributed by atoms with van der Waals surface area (Å²) in [5.41, 5.74) is 10.7. The van der Waals surface area contributed by atoms with E-state index in [4.69, 9.17) is 9.97 Å². The van der Waals surface area contributed by atoms with Crippen LogP contribution in [0.5, 0.6) is 0 Å². The molecule has 51 heavy (non-hydrogen) atoms. The van der Waals surface area contributed by atoms with Gasteiger partial charge in [0.15, 0.2) is 5.82 Å². The summed E-state index contributed by atoms with van der Waals surface area (Å²) in [6, 6.07) is 66.7. The van der Waals surface area contributed by atoms with Gasteiger partial charge in [0.1, 0.15) is 0 Å². The average Bonchev–Trinajstić information content (AvgIpc) is 3.57. The van der Waals surface area contributed by atoms with Gasteiger partial charge in [-0.3, -0.25) is 0 Å². The van der Waals surface area contributed by atoms with Gasteiger partial charge in [-0.1, -0.05) is 158 Å². The standard InChI is InChI=1S/C48H31N3/c1-3-11-32(12-4-1)33-19-21-38(22-20-33)48-49-42(36-15-5-2-6-16-36)31-43(50-48)37-23-27-39(28-24-37)51-44-29-25-34-13-7-9-17-40(34)46(44)47-41-18-10-8-14-35(41)26-30-45(47)51/h1-31H. The molecule has 0 unspecified atom stereocenters. The van der Waals surface area contributed by atoms with Crippen LogP contribution in [0.3, 0.4) is 0 Å². The van der Waals surface area contributed by atoms with Crippen LogP contribution in [-0.4, -0.2) is 14.5 Å². The van der Waals surface area contributed by atoms with E-state index in [1.807, 2.05) is 12.1 Å². The largest absolute Gasteiger partial charge is 0.309 e. The van der Waals surface area contributed by atoms with Gasteiger partial charge in [-0.2, -0.15) is 0 Å². The molecule has 3 heteroatoms. The molecule has 0 saturated heterocycles. The van der Waals surface area contributed by atoms with E-state index in [9.17, 15) is 0 Å². The highest BCUT2D eigenvalue weighted by Gasteiger charge is 2.18. The summed E-state index contributed by atoms with van der Waals surface area (Å²) in [5, 5.41) is 7.60. The number of fused-ring (bicyclic) bond motifs is 7. The van der Waals surface area contributed by atoms with Crippen LogP contribution in [0.4, 0.5) is 0 Å². The molecule has 0 saturated carbocycles. The number of rotatable bonds is 5. The predicted molar refractivity (Wildman–Crippen MR) is 213 cm³/mol. The van der Waals surface area contributed by atoms with Crippen LogP contribution in [0.15, 0.2) is 188 Å². The second-order valence-electron chi connectivity index (χ2n) is 13.0. The number of hydrogen-bond donors (Lipinski definition) is 0. The van der Waals surface area contributed by atoms with Crippen molar-refractivity contribution in [3.05, 3.63) is 188 Å². The molecule has 8 aromatic carbocycles. The maximum Gasteiger partial charge on any atom is 0.160 e. The third-order valence-corrected chi connectivity index (χ3v) is 10.0. The fourth-order valence-electron chi connectivity index (χ4n) is 7.53. The minimum absolute atomic E-state index is 0.705. The fourth-order valence-corrected chi connectivity index (χ4v) is 7.53. The van der Waals surface area contributed by atoms with Crippen molar-refractivity contribution in [3.63, 3.8) is 0 Å². The summed E-state index contributed by atoms with van der Waals surface area (Å²) in [6.07, 6.45) is 0. The van der Waals surface area contributed by atoms with E-state index in [1.165, 1.54) is 54.5 Å². The van der Waals surface area contributed by atoms with Gasteiger partial charge in [0, 0.05) is 33.2 Å². The molecule has 0 aliphatic carbocycles. The quantitative estimate of drug-likeness (QED) is 0.186. The minimum Gasteiger partial charge on any atom is -0.309 e. The molecule has 3 nitrogen and oxygen atoms in total. The molecule has 0 bridgehead atoms. The van der Waals surface area contributed by atoms with Gasteiger partial charge in [-0.05, 0) is 63.0 Å². The topological polar surface area (TPSA) is 30.7 Å². The molecule has 2 aromatic heterocycles. The van der Waals surface area contributed by atoms with Crippen molar-refractivity contribution in [2.45, 2.75) is 0 Å². The van der Waals surface area contributed by atoms with Gasteiger partial charge in [0.25, 0.3) is 0 Å². The molecule has 0 atom stereocenters. The molecule has 0 aliphatic heterocycles.